The molecule has 0 unspecified atom stereocenters. The molecule has 0 amide bonds. The quantitative estimate of drug-likeness (QED) is 0.636. The fraction of sp³-hybridized carbons (Fsp3) is 0.750. The summed E-state index contributed by atoms with van der Waals surface area (Å²) in [6.45, 7) is 5.88. The average Bonchev–Trinajstić information content (AvgIpc) is 3.11. The van der Waals surface area contributed by atoms with Gasteiger partial charge in [-0.2, -0.15) is 0 Å². The maximum absolute atomic E-state index is 11.8. The minimum atomic E-state index is -0.667. The Labute approximate surface area is 130 Å². The first-order valence-electron chi connectivity index (χ1n) is 7.70. The van der Waals surface area contributed by atoms with Crippen molar-refractivity contribution in [2.24, 2.45) is 0 Å². The molecular weight excluding hydrogens is 288 g/mol. The Morgan fingerprint density at radius 1 is 0.773 bits per heavy atom. The highest BCUT2D eigenvalue weighted by Crippen LogP contribution is 2.25. The molecule has 0 aromatic carbocycles. The Balaban J connectivity index is 1.66. The summed E-state index contributed by atoms with van der Waals surface area (Å²) in [6.07, 6.45) is 4.24. The number of rotatable bonds is 8. The SMILES string of the molecule is CC1(CCC(=O)/C=C/C(=O)CCC2(C)OCCO2)OCCO1. The molecule has 0 radical (unpaired) electrons. The van der Waals surface area contributed by atoms with E-state index in [0.717, 1.165) is 0 Å². The van der Waals surface area contributed by atoms with Crippen molar-refractivity contribution in [3.8, 4) is 0 Å². The van der Waals surface area contributed by atoms with Crippen molar-refractivity contribution in [2.75, 3.05) is 26.4 Å². The van der Waals surface area contributed by atoms with Crippen LogP contribution >= 0.6 is 0 Å². The van der Waals surface area contributed by atoms with Crippen molar-refractivity contribution in [1.82, 2.24) is 0 Å². The summed E-state index contributed by atoms with van der Waals surface area (Å²) >= 11 is 0. The van der Waals surface area contributed by atoms with Gasteiger partial charge in [-0.1, -0.05) is 0 Å². The van der Waals surface area contributed by atoms with Crippen LogP contribution in [0.15, 0.2) is 12.2 Å². The van der Waals surface area contributed by atoms with Crippen LogP contribution in [0.5, 0.6) is 0 Å². The van der Waals surface area contributed by atoms with Crippen molar-refractivity contribution in [3.63, 3.8) is 0 Å². The fourth-order valence-corrected chi connectivity index (χ4v) is 2.46. The first-order chi connectivity index (χ1) is 10.4. The van der Waals surface area contributed by atoms with Crippen molar-refractivity contribution >= 4 is 11.6 Å². The van der Waals surface area contributed by atoms with Gasteiger partial charge in [0.1, 0.15) is 0 Å². The molecule has 22 heavy (non-hydrogen) atoms. The molecule has 2 aliphatic rings. The summed E-state index contributed by atoms with van der Waals surface area (Å²) in [5.74, 6) is -1.54. The second-order valence-corrected chi connectivity index (χ2v) is 5.93. The molecule has 0 aromatic heterocycles. The molecule has 0 bridgehead atoms. The van der Waals surface area contributed by atoms with Crippen molar-refractivity contribution in [1.29, 1.82) is 0 Å². The Kier molecular flexibility index (Phi) is 5.86. The highest BCUT2D eigenvalue weighted by Gasteiger charge is 2.31. The van der Waals surface area contributed by atoms with E-state index in [9.17, 15) is 9.59 Å². The second-order valence-electron chi connectivity index (χ2n) is 5.93. The third-order valence-corrected chi connectivity index (χ3v) is 3.90. The molecule has 0 aromatic rings. The third kappa shape index (κ3) is 5.28. The predicted molar refractivity (Wildman–Crippen MR) is 78.2 cm³/mol. The zero-order chi connectivity index (χ0) is 16.1. The van der Waals surface area contributed by atoms with E-state index in [1.807, 2.05) is 13.8 Å². The summed E-state index contributed by atoms with van der Waals surface area (Å²) in [7, 11) is 0. The zero-order valence-corrected chi connectivity index (χ0v) is 13.3. The molecular formula is C16H24O6. The van der Waals surface area contributed by atoms with Gasteiger partial charge in [0.15, 0.2) is 23.1 Å². The van der Waals surface area contributed by atoms with Gasteiger partial charge in [0, 0.05) is 25.7 Å². The molecule has 2 saturated heterocycles. The smallest absolute Gasteiger partial charge is 0.166 e. The van der Waals surface area contributed by atoms with Crippen LogP contribution in [0.1, 0.15) is 39.5 Å². The number of ether oxygens (including phenoxy) is 4. The fourth-order valence-electron chi connectivity index (χ4n) is 2.46. The minimum Gasteiger partial charge on any atom is -0.348 e. The van der Waals surface area contributed by atoms with Crippen LogP contribution in [-0.4, -0.2) is 49.6 Å². The van der Waals surface area contributed by atoms with Crippen LogP contribution in [-0.2, 0) is 28.5 Å². The molecule has 6 heteroatoms. The average molecular weight is 312 g/mol. The predicted octanol–water partition coefficient (Wildman–Crippen LogP) is 1.77. The third-order valence-electron chi connectivity index (χ3n) is 3.90. The lowest BCUT2D eigenvalue weighted by molar-refractivity contribution is -0.150. The van der Waals surface area contributed by atoms with Crippen LogP contribution in [0.3, 0.4) is 0 Å². The lowest BCUT2D eigenvalue weighted by Crippen LogP contribution is -2.26. The lowest BCUT2D eigenvalue weighted by Gasteiger charge is -2.21. The maximum Gasteiger partial charge on any atom is 0.166 e. The van der Waals surface area contributed by atoms with Gasteiger partial charge in [-0.05, 0) is 26.0 Å². The van der Waals surface area contributed by atoms with Crippen LogP contribution < -0.4 is 0 Å². The Hall–Kier alpha value is -1.08. The lowest BCUT2D eigenvalue weighted by atomic mass is 10.1. The molecule has 0 N–H and O–H groups in total. The van der Waals surface area contributed by atoms with E-state index in [4.69, 9.17) is 18.9 Å². The highest BCUT2D eigenvalue weighted by molar-refractivity contribution is 5.98. The Morgan fingerprint density at radius 2 is 1.09 bits per heavy atom. The van der Waals surface area contributed by atoms with Crippen molar-refractivity contribution in [3.05, 3.63) is 12.2 Å². The molecule has 0 atom stereocenters. The number of allylic oxidation sites excluding steroid dienone is 2. The van der Waals surface area contributed by atoms with E-state index in [1.165, 1.54) is 12.2 Å². The van der Waals surface area contributed by atoms with E-state index in [1.54, 1.807) is 0 Å². The molecule has 124 valence electrons. The van der Waals surface area contributed by atoms with Crippen molar-refractivity contribution < 1.29 is 28.5 Å². The molecule has 0 spiro atoms. The number of carbonyl (C=O) groups is 2. The van der Waals surface area contributed by atoms with Crippen LogP contribution in [0.2, 0.25) is 0 Å². The maximum atomic E-state index is 11.8. The van der Waals surface area contributed by atoms with Gasteiger partial charge in [0.2, 0.25) is 0 Å². The van der Waals surface area contributed by atoms with Gasteiger partial charge < -0.3 is 18.9 Å². The summed E-state index contributed by atoms with van der Waals surface area (Å²) < 4.78 is 21.7. The molecule has 6 nitrogen and oxygen atoms in total. The van der Waals surface area contributed by atoms with Gasteiger partial charge in [-0.25, -0.2) is 0 Å². The molecule has 2 aliphatic heterocycles. The summed E-state index contributed by atoms with van der Waals surface area (Å²) in [5.41, 5.74) is 0. The van der Waals surface area contributed by atoms with Gasteiger partial charge >= 0.3 is 0 Å². The van der Waals surface area contributed by atoms with Gasteiger partial charge in [-0.15, -0.1) is 0 Å². The zero-order valence-electron chi connectivity index (χ0n) is 13.3. The Morgan fingerprint density at radius 3 is 1.41 bits per heavy atom. The number of hydrogen-bond acceptors (Lipinski definition) is 6. The topological polar surface area (TPSA) is 71.1 Å². The van der Waals surface area contributed by atoms with E-state index < -0.39 is 11.6 Å². The van der Waals surface area contributed by atoms with Gasteiger partial charge in [0.25, 0.3) is 0 Å². The van der Waals surface area contributed by atoms with E-state index >= 15 is 0 Å². The van der Waals surface area contributed by atoms with Crippen molar-refractivity contribution in [2.45, 2.75) is 51.1 Å². The van der Waals surface area contributed by atoms with E-state index in [0.29, 0.717) is 52.1 Å². The largest absolute Gasteiger partial charge is 0.348 e. The molecule has 2 rings (SSSR count). The number of carbonyl (C=O) groups excluding carboxylic acids is 2. The molecule has 0 aliphatic carbocycles. The number of ketones is 2. The van der Waals surface area contributed by atoms with Crippen LogP contribution in [0.4, 0.5) is 0 Å². The molecule has 2 heterocycles. The summed E-state index contributed by atoms with van der Waals surface area (Å²) in [4.78, 5) is 23.5. The van der Waals surface area contributed by atoms with Crippen LogP contribution in [0, 0.1) is 0 Å². The van der Waals surface area contributed by atoms with E-state index in [2.05, 4.69) is 0 Å². The normalized spacial score (nSPS) is 23.2. The second kappa shape index (κ2) is 7.46. The highest BCUT2D eigenvalue weighted by atomic mass is 16.7. The standard InChI is InChI=1S/C16H24O6/c1-15(19-9-10-20-15)7-5-13(17)3-4-14(18)6-8-16(2)21-11-12-22-16/h3-4H,5-12H2,1-2H3/b4-3+. The van der Waals surface area contributed by atoms with Crippen LogP contribution in [0.25, 0.3) is 0 Å². The monoisotopic (exact) mass is 312 g/mol. The molecule has 0 saturated carbocycles. The summed E-state index contributed by atoms with van der Waals surface area (Å²) in [5, 5.41) is 0. The number of hydrogen-bond donors (Lipinski definition) is 0. The first kappa shape index (κ1) is 17.3. The minimum absolute atomic E-state index is 0.103. The first-order valence-corrected chi connectivity index (χ1v) is 7.70. The van der Waals surface area contributed by atoms with E-state index in [-0.39, 0.29) is 11.6 Å². The summed E-state index contributed by atoms with van der Waals surface area (Å²) in [6, 6.07) is 0. The van der Waals surface area contributed by atoms with Gasteiger partial charge in [-0.3, -0.25) is 9.59 Å². The van der Waals surface area contributed by atoms with Gasteiger partial charge in [0.05, 0.1) is 26.4 Å². The molecule has 2 fully saturated rings. The Bertz CT molecular complexity index is 390.